The second-order valence-electron chi connectivity index (χ2n) is 7.48. The van der Waals surface area contributed by atoms with Crippen molar-refractivity contribution in [1.29, 1.82) is 0 Å². The zero-order chi connectivity index (χ0) is 20.8. The van der Waals surface area contributed by atoms with Crippen molar-refractivity contribution in [2.75, 3.05) is 5.32 Å². The number of nitro groups is 1. The van der Waals surface area contributed by atoms with Gasteiger partial charge in [0.05, 0.1) is 17.1 Å². The summed E-state index contributed by atoms with van der Waals surface area (Å²) in [5.74, 6) is 0.444. The maximum atomic E-state index is 10.9. The molecule has 2 unspecified atom stereocenters. The molecular weight excluding hydrogens is 364 g/mol. The molecule has 3 rings (SSSR count). The van der Waals surface area contributed by atoms with Gasteiger partial charge in [-0.05, 0) is 34.7 Å². The number of benzene rings is 3. The third kappa shape index (κ3) is 5.42. The van der Waals surface area contributed by atoms with Gasteiger partial charge in [0.15, 0.2) is 0 Å². The molecule has 3 aromatic carbocycles. The number of hydrogen-bond acceptors (Lipinski definition) is 4. The average molecular weight is 390 g/mol. The fourth-order valence-electron chi connectivity index (χ4n) is 3.31. The smallest absolute Gasteiger partial charge is 0.269 e. The van der Waals surface area contributed by atoms with Gasteiger partial charge in [-0.15, -0.1) is 0 Å². The summed E-state index contributed by atoms with van der Waals surface area (Å²) in [5, 5.41) is 25.1. The summed E-state index contributed by atoms with van der Waals surface area (Å²) in [6, 6.07) is 24.2. The predicted octanol–water partition coefficient (Wildman–Crippen LogP) is 6.00. The first kappa shape index (κ1) is 20.6. The molecule has 0 aliphatic carbocycles. The topological polar surface area (TPSA) is 75.4 Å². The van der Waals surface area contributed by atoms with Crippen LogP contribution in [0, 0.1) is 10.1 Å². The Morgan fingerprint density at radius 1 is 0.862 bits per heavy atom. The van der Waals surface area contributed by atoms with Crippen molar-refractivity contribution in [3.63, 3.8) is 0 Å². The van der Waals surface area contributed by atoms with Crippen molar-refractivity contribution in [3.05, 3.63) is 106 Å². The Morgan fingerprint density at radius 3 is 2.00 bits per heavy atom. The Labute approximate surface area is 171 Å². The van der Waals surface area contributed by atoms with Gasteiger partial charge in [0.2, 0.25) is 0 Å². The number of nitrogens with one attached hydrogen (secondary N) is 1. The molecule has 0 fully saturated rings. The van der Waals surface area contributed by atoms with Gasteiger partial charge in [-0.2, -0.15) is 0 Å². The SMILES string of the molecule is CC(C)c1ccc(C(CC(O)c2ccccc2)Nc2ccc([N+](=O)[O-])cc2)cc1. The standard InChI is InChI=1S/C24H26N2O3/c1-17(2)18-8-10-19(11-9-18)23(16-24(27)20-6-4-3-5-7-20)25-21-12-14-22(15-13-21)26(28)29/h3-15,17,23-25,27H,16H2,1-2H3. The highest BCUT2D eigenvalue weighted by Crippen LogP contribution is 2.31. The fraction of sp³-hybridized carbons (Fsp3) is 0.250. The molecule has 0 saturated heterocycles. The molecule has 0 heterocycles. The Hall–Kier alpha value is -3.18. The normalized spacial score (nSPS) is 13.1. The second kappa shape index (κ2) is 9.34. The summed E-state index contributed by atoms with van der Waals surface area (Å²) in [4.78, 5) is 10.5. The minimum atomic E-state index is -0.628. The van der Waals surface area contributed by atoms with Crippen molar-refractivity contribution < 1.29 is 10.0 Å². The summed E-state index contributed by atoms with van der Waals surface area (Å²) in [7, 11) is 0. The first-order chi connectivity index (χ1) is 13.9. The third-order valence-electron chi connectivity index (χ3n) is 5.07. The lowest BCUT2D eigenvalue weighted by molar-refractivity contribution is -0.384. The van der Waals surface area contributed by atoms with Crippen molar-refractivity contribution >= 4 is 11.4 Å². The maximum absolute atomic E-state index is 10.9. The van der Waals surface area contributed by atoms with E-state index in [9.17, 15) is 15.2 Å². The van der Waals surface area contributed by atoms with Gasteiger partial charge in [0.1, 0.15) is 0 Å². The summed E-state index contributed by atoms with van der Waals surface area (Å²) in [6.07, 6.45) is -0.154. The van der Waals surface area contributed by atoms with Gasteiger partial charge < -0.3 is 10.4 Å². The van der Waals surface area contributed by atoms with Gasteiger partial charge in [0, 0.05) is 24.2 Å². The molecule has 150 valence electrons. The zero-order valence-electron chi connectivity index (χ0n) is 16.7. The first-order valence-corrected chi connectivity index (χ1v) is 9.78. The van der Waals surface area contributed by atoms with Crippen LogP contribution in [-0.2, 0) is 0 Å². The molecule has 0 spiro atoms. The van der Waals surface area contributed by atoms with Gasteiger partial charge in [0.25, 0.3) is 5.69 Å². The van der Waals surface area contributed by atoms with Gasteiger partial charge in [-0.3, -0.25) is 10.1 Å². The lowest BCUT2D eigenvalue weighted by atomic mass is 9.94. The number of nitro benzene ring substituents is 1. The minimum absolute atomic E-state index is 0.0534. The molecule has 0 aliphatic heterocycles. The van der Waals surface area contributed by atoms with Crippen molar-refractivity contribution in [3.8, 4) is 0 Å². The van der Waals surface area contributed by atoms with Crippen LogP contribution >= 0.6 is 0 Å². The highest BCUT2D eigenvalue weighted by molar-refractivity contribution is 5.50. The largest absolute Gasteiger partial charge is 0.388 e. The van der Waals surface area contributed by atoms with E-state index in [1.807, 2.05) is 30.3 Å². The molecular formula is C24H26N2O3. The van der Waals surface area contributed by atoms with Crippen molar-refractivity contribution in [1.82, 2.24) is 0 Å². The van der Waals surface area contributed by atoms with Crippen LogP contribution in [0.2, 0.25) is 0 Å². The molecule has 0 amide bonds. The maximum Gasteiger partial charge on any atom is 0.269 e. The highest BCUT2D eigenvalue weighted by Gasteiger charge is 2.19. The van der Waals surface area contributed by atoms with Crippen LogP contribution in [0.3, 0.4) is 0 Å². The monoisotopic (exact) mass is 390 g/mol. The van der Waals surface area contributed by atoms with Crippen LogP contribution in [0.25, 0.3) is 0 Å². The number of rotatable bonds is 8. The lowest BCUT2D eigenvalue weighted by Gasteiger charge is -2.24. The van der Waals surface area contributed by atoms with E-state index in [4.69, 9.17) is 0 Å². The molecule has 0 saturated carbocycles. The number of aliphatic hydroxyl groups excluding tert-OH is 1. The average Bonchev–Trinajstić information content (AvgIpc) is 2.74. The van der Waals surface area contributed by atoms with Crippen LogP contribution in [0.1, 0.15) is 55.0 Å². The van der Waals surface area contributed by atoms with E-state index in [1.165, 1.54) is 17.7 Å². The zero-order valence-corrected chi connectivity index (χ0v) is 16.7. The van der Waals surface area contributed by atoms with Crippen molar-refractivity contribution in [2.45, 2.75) is 38.3 Å². The Balaban J connectivity index is 1.84. The molecule has 2 N–H and O–H groups in total. The van der Waals surface area contributed by atoms with Crippen LogP contribution < -0.4 is 5.32 Å². The van der Waals surface area contributed by atoms with E-state index in [2.05, 4.69) is 43.4 Å². The minimum Gasteiger partial charge on any atom is -0.388 e. The molecule has 5 heteroatoms. The number of hydrogen-bond donors (Lipinski definition) is 2. The number of aliphatic hydroxyl groups is 1. The summed E-state index contributed by atoms with van der Waals surface area (Å²) >= 11 is 0. The Kier molecular flexibility index (Phi) is 6.62. The quantitative estimate of drug-likeness (QED) is 0.366. The molecule has 3 aromatic rings. The molecule has 5 nitrogen and oxygen atoms in total. The lowest BCUT2D eigenvalue weighted by Crippen LogP contribution is -2.15. The number of anilines is 1. The predicted molar refractivity (Wildman–Crippen MR) is 116 cm³/mol. The molecule has 0 aliphatic rings. The van der Waals surface area contributed by atoms with Gasteiger partial charge in [-0.25, -0.2) is 0 Å². The van der Waals surface area contributed by atoms with Crippen LogP contribution in [-0.4, -0.2) is 10.0 Å². The van der Waals surface area contributed by atoms with E-state index in [0.717, 1.165) is 16.8 Å². The molecule has 2 atom stereocenters. The van der Waals surface area contributed by atoms with Crippen LogP contribution in [0.4, 0.5) is 11.4 Å². The molecule has 0 bridgehead atoms. The summed E-state index contributed by atoms with van der Waals surface area (Å²) in [5.41, 5.74) is 4.00. The molecule has 0 radical (unpaired) electrons. The van der Waals surface area contributed by atoms with Crippen molar-refractivity contribution in [2.24, 2.45) is 0 Å². The fourth-order valence-corrected chi connectivity index (χ4v) is 3.31. The number of non-ortho nitro benzene ring substituents is 1. The van der Waals surface area contributed by atoms with E-state index < -0.39 is 11.0 Å². The molecule has 0 aromatic heterocycles. The van der Waals surface area contributed by atoms with Gasteiger partial charge >= 0.3 is 0 Å². The summed E-state index contributed by atoms with van der Waals surface area (Å²) in [6.45, 7) is 4.31. The first-order valence-electron chi connectivity index (χ1n) is 9.78. The second-order valence-corrected chi connectivity index (χ2v) is 7.48. The van der Waals surface area contributed by atoms with E-state index in [-0.39, 0.29) is 11.7 Å². The third-order valence-corrected chi connectivity index (χ3v) is 5.07. The van der Waals surface area contributed by atoms with E-state index in [0.29, 0.717) is 12.3 Å². The Morgan fingerprint density at radius 2 is 1.45 bits per heavy atom. The molecule has 29 heavy (non-hydrogen) atoms. The van der Waals surface area contributed by atoms with Crippen LogP contribution in [0.5, 0.6) is 0 Å². The van der Waals surface area contributed by atoms with E-state index in [1.54, 1.807) is 12.1 Å². The van der Waals surface area contributed by atoms with Gasteiger partial charge in [-0.1, -0.05) is 68.4 Å². The van der Waals surface area contributed by atoms with E-state index >= 15 is 0 Å². The Bertz CT molecular complexity index is 923. The van der Waals surface area contributed by atoms with Crippen LogP contribution in [0.15, 0.2) is 78.9 Å². The number of nitrogens with zero attached hydrogens (tertiary/aromatic N) is 1. The highest BCUT2D eigenvalue weighted by atomic mass is 16.6. The summed E-state index contributed by atoms with van der Waals surface area (Å²) < 4.78 is 0.